The molecule has 2 amide bonds. The number of methoxy groups -OCH3 is 2. The summed E-state index contributed by atoms with van der Waals surface area (Å²) in [6.07, 6.45) is -0.598. The van der Waals surface area contributed by atoms with Crippen molar-refractivity contribution in [3.63, 3.8) is 0 Å². The van der Waals surface area contributed by atoms with Gasteiger partial charge < -0.3 is 25.8 Å². The van der Waals surface area contributed by atoms with Crippen molar-refractivity contribution in [2.75, 3.05) is 32.4 Å². The van der Waals surface area contributed by atoms with Gasteiger partial charge in [-0.1, -0.05) is 0 Å². The van der Waals surface area contributed by atoms with E-state index in [1.165, 1.54) is 25.5 Å². The van der Waals surface area contributed by atoms with Crippen LogP contribution in [-0.2, 0) is 24.1 Å². The molecular formula is C15H22KN6O11PS2. The number of amides is 2. The summed E-state index contributed by atoms with van der Waals surface area (Å²) in [6, 6.07) is 0.0222. The average molecular weight is 597 g/mol. The van der Waals surface area contributed by atoms with E-state index in [1.54, 1.807) is 4.72 Å². The molecule has 0 fully saturated rings. The summed E-state index contributed by atoms with van der Waals surface area (Å²) in [5, 5.41) is 13.6. The minimum absolute atomic E-state index is 0. The van der Waals surface area contributed by atoms with Crippen molar-refractivity contribution in [3.05, 3.63) is 22.1 Å². The summed E-state index contributed by atoms with van der Waals surface area (Å²) in [7, 11) is -5.95. The number of nitrogens with zero attached hydrogens (tertiary/aromatic N) is 3. The Hall–Kier alpha value is -1.58. The maximum Gasteiger partial charge on any atom is 1.00 e. The molecular weight excluding hydrogens is 574 g/mol. The van der Waals surface area contributed by atoms with Gasteiger partial charge in [-0.15, -0.1) is 11.3 Å². The maximum atomic E-state index is 12.3. The minimum Gasteiger partial charge on any atom is -1.00 e. The van der Waals surface area contributed by atoms with Gasteiger partial charge >= 0.3 is 83.0 Å². The topological polar surface area (TPSA) is 256 Å². The molecule has 0 unspecified atom stereocenters. The number of rotatable bonds is 9. The van der Waals surface area contributed by atoms with E-state index in [9.17, 15) is 27.4 Å². The number of aromatic nitrogens is 3. The Labute approximate surface area is 252 Å². The zero-order chi connectivity index (χ0) is 26.8. The molecule has 0 aliphatic heterocycles. The quantitative estimate of drug-likeness (QED) is 0.0931. The van der Waals surface area contributed by atoms with Crippen molar-refractivity contribution >= 4 is 52.9 Å². The van der Waals surface area contributed by atoms with Crippen LogP contribution in [-0.4, -0.2) is 83.3 Å². The molecule has 0 aliphatic rings. The Morgan fingerprint density at radius 2 is 1.83 bits per heavy atom. The fraction of sp³-hybridized carbons (Fsp3) is 0.333. The summed E-state index contributed by atoms with van der Waals surface area (Å²) < 4.78 is 45.7. The predicted octanol–water partition coefficient (Wildman–Crippen LogP) is -3.54. The van der Waals surface area contributed by atoms with Gasteiger partial charge in [-0.3, -0.25) is 20.0 Å². The van der Waals surface area contributed by atoms with Gasteiger partial charge in [0.25, 0.3) is 10.0 Å². The van der Waals surface area contributed by atoms with E-state index in [-0.39, 0.29) is 80.4 Å². The van der Waals surface area contributed by atoms with E-state index < -0.39 is 48.4 Å². The molecule has 0 spiro atoms. The number of thiophene rings is 1. The number of carboxylic acid groups (broad SMARTS) is 1. The number of carboxylic acids is 1. The van der Waals surface area contributed by atoms with Gasteiger partial charge in [0.15, 0.2) is 0 Å². The molecule has 36 heavy (non-hydrogen) atoms. The third kappa shape index (κ3) is 12.6. The minimum atomic E-state index is -4.30. The van der Waals surface area contributed by atoms with Crippen LogP contribution in [0.15, 0.2) is 16.3 Å². The maximum absolute atomic E-state index is 12.3. The molecule has 17 nitrogen and oxygen atoms in total. The van der Waals surface area contributed by atoms with E-state index >= 15 is 0 Å². The number of hydrogen-bond donors (Lipinski definition) is 6. The molecule has 0 radical (unpaired) electrons. The number of urea groups is 1. The first-order valence-electron chi connectivity index (χ1n) is 8.92. The number of sulfonamides is 1. The number of ether oxygens (including phenoxy) is 2. The van der Waals surface area contributed by atoms with E-state index in [2.05, 4.69) is 30.3 Å². The summed E-state index contributed by atoms with van der Waals surface area (Å²) in [6.45, 7) is 1.10. The standard InChI is InChI=1S/C12H13N5O6S2.C3H8NO5P.K.H/c1-6-13-10(16-12(14-6)23-3)15-11(19)17-25(20,21)7-4-5-24-8(7)9(18)22-2;5-3(6)1-4-2-10(7,8)9;;/h4-5H,1-3H3,(H2,13,14,15,16,17,19);4H,1-2H2,(H,5,6)(H2,7,8,9);;/q;;+1;-1. The Kier molecular flexibility index (Phi) is 14.9. The molecule has 2 heterocycles. The summed E-state index contributed by atoms with van der Waals surface area (Å²) in [5.74, 6) is -1.91. The van der Waals surface area contributed by atoms with Crippen LogP contribution in [0.3, 0.4) is 0 Å². The molecule has 0 aromatic carbocycles. The van der Waals surface area contributed by atoms with Gasteiger partial charge in [0, 0.05) is 0 Å². The number of aryl methyl sites for hydroxylation is 1. The van der Waals surface area contributed by atoms with Gasteiger partial charge in [0.1, 0.15) is 15.6 Å². The van der Waals surface area contributed by atoms with E-state index in [1.807, 2.05) is 0 Å². The van der Waals surface area contributed by atoms with Crippen LogP contribution in [0.4, 0.5) is 10.7 Å². The molecule has 21 heteroatoms. The number of nitrogens with one attached hydrogen (secondary N) is 3. The molecule has 6 N–H and O–H groups in total. The fourth-order valence-corrected chi connectivity index (χ4v) is 4.61. The first-order valence-corrected chi connectivity index (χ1v) is 13.1. The normalized spacial score (nSPS) is 10.7. The van der Waals surface area contributed by atoms with Crippen molar-refractivity contribution in [1.82, 2.24) is 25.0 Å². The molecule has 0 atom stereocenters. The Morgan fingerprint density at radius 1 is 1.19 bits per heavy atom. The van der Waals surface area contributed by atoms with Gasteiger partial charge in [0.2, 0.25) is 5.95 Å². The second-order valence-corrected chi connectivity index (χ2v) is 10.2. The van der Waals surface area contributed by atoms with Crippen LogP contribution in [0.2, 0.25) is 0 Å². The van der Waals surface area contributed by atoms with Crippen molar-refractivity contribution < 1.29 is 105 Å². The van der Waals surface area contributed by atoms with Crippen molar-refractivity contribution in [1.29, 1.82) is 0 Å². The molecule has 0 aliphatic carbocycles. The van der Waals surface area contributed by atoms with Crippen LogP contribution < -0.4 is 71.5 Å². The number of carbonyl (C=O) groups is 3. The van der Waals surface area contributed by atoms with Crippen molar-refractivity contribution in [2.24, 2.45) is 0 Å². The third-order valence-electron chi connectivity index (χ3n) is 3.25. The van der Waals surface area contributed by atoms with E-state index in [0.717, 1.165) is 18.4 Å². The van der Waals surface area contributed by atoms with E-state index in [0.29, 0.717) is 0 Å². The third-order valence-corrected chi connectivity index (χ3v) is 6.28. The van der Waals surface area contributed by atoms with Crippen molar-refractivity contribution in [2.45, 2.75) is 11.8 Å². The average Bonchev–Trinajstić information content (AvgIpc) is 3.22. The SMILES string of the molecule is COC(=O)c1sccc1S(=O)(=O)NC(=O)Nc1nc(C)nc(OC)n1.O=C(O)CNCP(=O)(O)O.[H-].[K+]. The largest absolute Gasteiger partial charge is 1.00 e. The number of anilines is 1. The fourth-order valence-electron chi connectivity index (χ4n) is 1.97. The Morgan fingerprint density at radius 3 is 2.36 bits per heavy atom. The van der Waals surface area contributed by atoms with Gasteiger partial charge in [-0.25, -0.2) is 22.7 Å². The molecule has 196 valence electrons. The number of carbonyl (C=O) groups excluding carboxylic acids is 2. The molecule has 2 aromatic heterocycles. The zero-order valence-electron chi connectivity index (χ0n) is 20.3. The molecule has 0 saturated carbocycles. The monoisotopic (exact) mass is 596 g/mol. The first-order chi connectivity index (χ1) is 16.2. The van der Waals surface area contributed by atoms with Crippen LogP contribution in [0, 0.1) is 6.92 Å². The van der Waals surface area contributed by atoms with Gasteiger partial charge in [0.05, 0.1) is 27.1 Å². The van der Waals surface area contributed by atoms with E-state index in [4.69, 9.17) is 19.6 Å². The predicted molar refractivity (Wildman–Crippen MR) is 120 cm³/mol. The van der Waals surface area contributed by atoms with Crippen LogP contribution >= 0.6 is 18.9 Å². The first kappa shape index (κ1) is 34.4. The second-order valence-electron chi connectivity index (χ2n) is 6.00. The van der Waals surface area contributed by atoms with Gasteiger partial charge in [-0.2, -0.15) is 15.0 Å². The number of esters is 1. The Balaban J connectivity index is 0. The Bertz CT molecular complexity index is 1230. The molecule has 2 rings (SSSR count). The molecule has 0 bridgehead atoms. The number of aliphatic carboxylic acids is 1. The summed E-state index contributed by atoms with van der Waals surface area (Å²) in [4.78, 5) is 60.6. The van der Waals surface area contributed by atoms with Crippen molar-refractivity contribution in [3.8, 4) is 6.01 Å². The molecule has 2 aromatic rings. The van der Waals surface area contributed by atoms with Crippen LogP contribution in [0.1, 0.15) is 16.9 Å². The smallest absolute Gasteiger partial charge is 1.00 e. The van der Waals surface area contributed by atoms with Crippen LogP contribution in [0.25, 0.3) is 0 Å². The van der Waals surface area contributed by atoms with Crippen LogP contribution in [0.5, 0.6) is 6.01 Å². The summed E-state index contributed by atoms with van der Waals surface area (Å²) >= 11 is 0.872. The zero-order valence-corrected chi connectivity index (χ0v) is 24.9. The van der Waals surface area contributed by atoms with Gasteiger partial charge in [-0.05, 0) is 18.4 Å². The second kappa shape index (κ2) is 15.6. The summed E-state index contributed by atoms with van der Waals surface area (Å²) in [5.41, 5.74) is 0. The molecule has 0 saturated heterocycles. The number of hydrogen-bond acceptors (Lipinski definition) is 13.